The van der Waals surface area contributed by atoms with Gasteiger partial charge in [0.1, 0.15) is 10.5 Å². The SMILES string of the molecule is N#CN1C(Cl)=CC=C2C=CSC21. The molecule has 2 heterocycles. The van der Waals surface area contributed by atoms with Gasteiger partial charge in [-0.05, 0) is 23.1 Å². The van der Waals surface area contributed by atoms with Gasteiger partial charge in [0.15, 0.2) is 6.19 Å². The van der Waals surface area contributed by atoms with Crippen molar-refractivity contribution < 1.29 is 0 Å². The zero-order chi connectivity index (χ0) is 8.55. The predicted octanol–water partition coefficient (Wildman–Crippen LogP) is 2.38. The molecule has 0 saturated heterocycles. The van der Waals surface area contributed by atoms with Crippen LogP contribution in [0.4, 0.5) is 0 Å². The topological polar surface area (TPSA) is 27.0 Å². The normalized spacial score (nSPS) is 26.0. The van der Waals surface area contributed by atoms with Crippen LogP contribution in [0.2, 0.25) is 0 Å². The number of halogens is 1. The van der Waals surface area contributed by atoms with E-state index < -0.39 is 0 Å². The first kappa shape index (κ1) is 7.78. The molecule has 2 aliphatic rings. The van der Waals surface area contributed by atoms with Crippen LogP contribution in [0.5, 0.6) is 0 Å². The second-order valence-electron chi connectivity index (χ2n) is 2.42. The maximum atomic E-state index is 8.79. The monoisotopic (exact) mass is 196 g/mol. The number of fused-ring (bicyclic) bond motifs is 1. The number of nitrogens with zero attached hydrogens (tertiary/aromatic N) is 2. The molecule has 0 bridgehead atoms. The van der Waals surface area contributed by atoms with Crippen molar-refractivity contribution in [3.05, 3.63) is 34.4 Å². The van der Waals surface area contributed by atoms with Gasteiger partial charge in [0, 0.05) is 0 Å². The second-order valence-corrected chi connectivity index (χ2v) is 3.80. The molecule has 60 valence electrons. The lowest BCUT2D eigenvalue weighted by molar-refractivity contribution is 0.521. The average Bonchev–Trinajstić information content (AvgIpc) is 2.52. The molecule has 4 heteroatoms. The highest BCUT2D eigenvalue weighted by Gasteiger charge is 2.27. The minimum atomic E-state index is 0.0625. The lowest BCUT2D eigenvalue weighted by atomic mass is 10.2. The van der Waals surface area contributed by atoms with Crippen molar-refractivity contribution in [1.82, 2.24) is 4.90 Å². The molecule has 2 nitrogen and oxygen atoms in total. The summed E-state index contributed by atoms with van der Waals surface area (Å²) in [6, 6.07) is 0. The first-order valence-electron chi connectivity index (χ1n) is 3.41. The number of hydrogen-bond donors (Lipinski definition) is 0. The third kappa shape index (κ3) is 1.04. The molecule has 0 spiro atoms. The fourth-order valence-electron chi connectivity index (χ4n) is 1.16. The van der Waals surface area contributed by atoms with Gasteiger partial charge in [-0.1, -0.05) is 17.7 Å². The van der Waals surface area contributed by atoms with Crippen LogP contribution in [0.15, 0.2) is 34.4 Å². The molecule has 1 atom stereocenters. The third-order valence-corrected chi connectivity index (χ3v) is 3.08. The standard InChI is InChI=1S/C8H5ClN2S/c9-7-2-1-6-3-4-12-8(6)11(7)5-10/h1-4,8H. The third-order valence-electron chi connectivity index (χ3n) is 1.74. The minimum Gasteiger partial charge on any atom is -0.251 e. The smallest absolute Gasteiger partial charge is 0.186 e. The zero-order valence-electron chi connectivity index (χ0n) is 6.07. The molecule has 0 aromatic rings. The molecular weight excluding hydrogens is 192 g/mol. The molecule has 12 heavy (non-hydrogen) atoms. The van der Waals surface area contributed by atoms with E-state index in [9.17, 15) is 0 Å². The van der Waals surface area contributed by atoms with Crippen LogP contribution in [-0.2, 0) is 0 Å². The van der Waals surface area contributed by atoms with Gasteiger partial charge in [0.25, 0.3) is 0 Å². The van der Waals surface area contributed by atoms with Crippen LogP contribution in [0.1, 0.15) is 0 Å². The van der Waals surface area contributed by atoms with Crippen molar-refractivity contribution in [2.75, 3.05) is 0 Å². The Hall–Kier alpha value is -0.850. The van der Waals surface area contributed by atoms with Crippen molar-refractivity contribution in [1.29, 1.82) is 5.26 Å². The van der Waals surface area contributed by atoms with Crippen LogP contribution in [0.3, 0.4) is 0 Å². The molecule has 0 N–H and O–H groups in total. The van der Waals surface area contributed by atoms with Crippen LogP contribution in [0.25, 0.3) is 0 Å². The van der Waals surface area contributed by atoms with Crippen molar-refractivity contribution in [2.24, 2.45) is 0 Å². The Bertz CT molecular complexity index is 337. The van der Waals surface area contributed by atoms with Gasteiger partial charge in [0.05, 0.1) is 0 Å². The first-order valence-corrected chi connectivity index (χ1v) is 4.73. The first-order chi connectivity index (χ1) is 5.83. The molecule has 0 fully saturated rings. The Morgan fingerprint density at radius 1 is 1.58 bits per heavy atom. The summed E-state index contributed by atoms with van der Waals surface area (Å²) in [6.45, 7) is 0. The van der Waals surface area contributed by atoms with Crippen LogP contribution in [-0.4, -0.2) is 10.3 Å². The van der Waals surface area contributed by atoms with E-state index in [0.29, 0.717) is 5.16 Å². The summed E-state index contributed by atoms with van der Waals surface area (Å²) < 4.78 is 0. The summed E-state index contributed by atoms with van der Waals surface area (Å²) in [5.41, 5.74) is 1.13. The molecule has 2 aliphatic heterocycles. The lowest BCUT2D eigenvalue weighted by Gasteiger charge is -2.24. The molecule has 0 saturated carbocycles. The Morgan fingerprint density at radius 2 is 2.42 bits per heavy atom. The van der Waals surface area contributed by atoms with E-state index in [2.05, 4.69) is 6.19 Å². The fraction of sp³-hybridized carbons (Fsp3) is 0.125. The molecule has 0 amide bonds. The largest absolute Gasteiger partial charge is 0.251 e. The van der Waals surface area contributed by atoms with E-state index in [1.54, 1.807) is 17.8 Å². The molecule has 0 aliphatic carbocycles. The van der Waals surface area contributed by atoms with Gasteiger partial charge in [-0.15, -0.1) is 11.8 Å². The molecular formula is C8H5ClN2S. The van der Waals surface area contributed by atoms with Gasteiger partial charge in [0.2, 0.25) is 0 Å². The molecule has 0 aromatic carbocycles. The summed E-state index contributed by atoms with van der Waals surface area (Å²) >= 11 is 7.42. The van der Waals surface area contributed by atoms with Crippen molar-refractivity contribution in [3.63, 3.8) is 0 Å². The fourth-order valence-corrected chi connectivity index (χ4v) is 2.40. The summed E-state index contributed by atoms with van der Waals surface area (Å²) in [6.07, 6.45) is 7.74. The Balaban J connectivity index is 2.38. The van der Waals surface area contributed by atoms with Gasteiger partial charge in [-0.25, -0.2) is 0 Å². The quantitative estimate of drug-likeness (QED) is 0.440. The molecule has 2 rings (SSSR count). The van der Waals surface area contributed by atoms with E-state index in [1.807, 2.05) is 17.6 Å². The maximum Gasteiger partial charge on any atom is 0.186 e. The highest BCUT2D eigenvalue weighted by atomic mass is 35.5. The Labute approximate surface area is 79.8 Å². The summed E-state index contributed by atoms with van der Waals surface area (Å²) in [4.78, 5) is 1.50. The highest BCUT2D eigenvalue weighted by Crippen LogP contribution is 2.37. The van der Waals surface area contributed by atoms with E-state index in [-0.39, 0.29) is 5.37 Å². The van der Waals surface area contributed by atoms with Crippen LogP contribution in [0, 0.1) is 11.5 Å². The van der Waals surface area contributed by atoms with Gasteiger partial charge in [-0.3, -0.25) is 4.90 Å². The average molecular weight is 197 g/mol. The van der Waals surface area contributed by atoms with Gasteiger partial charge < -0.3 is 0 Å². The van der Waals surface area contributed by atoms with E-state index in [0.717, 1.165) is 5.57 Å². The zero-order valence-corrected chi connectivity index (χ0v) is 7.64. The molecule has 0 radical (unpaired) electrons. The summed E-state index contributed by atoms with van der Waals surface area (Å²) in [5, 5.41) is 11.3. The van der Waals surface area contributed by atoms with E-state index >= 15 is 0 Å². The minimum absolute atomic E-state index is 0.0625. The van der Waals surface area contributed by atoms with E-state index in [1.165, 1.54) is 4.90 Å². The molecule has 0 aromatic heterocycles. The predicted molar refractivity (Wildman–Crippen MR) is 50.0 cm³/mol. The van der Waals surface area contributed by atoms with Crippen molar-refractivity contribution >= 4 is 23.4 Å². The van der Waals surface area contributed by atoms with Crippen LogP contribution >= 0.6 is 23.4 Å². The number of thioether (sulfide) groups is 1. The number of allylic oxidation sites excluding steroid dienone is 2. The highest BCUT2D eigenvalue weighted by molar-refractivity contribution is 8.03. The summed E-state index contributed by atoms with van der Waals surface area (Å²) in [7, 11) is 0. The second kappa shape index (κ2) is 2.89. The lowest BCUT2D eigenvalue weighted by Crippen LogP contribution is -2.27. The molecule has 1 unspecified atom stereocenters. The van der Waals surface area contributed by atoms with Crippen LogP contribution < -0.4 is 0 Å². The van der Waals surface area contributed by atoms with Crippen molar-refractivity contribution in [3.8, 4) is 6.19 Å². The number of hydrogen-bond acceptors (Lipinski definition) is 3. The van der Waals surface area contributed by atoms with Crippen molar-refractivity contribution in [2.45, 2.75) is 5.37 Å². The summed E-state index contributed by atoms with van der Waals surface area (Å²) in [5.74, 6) is 0. The Morgan fingerprint density at radius 3 is 3.17 bits per heavy atom. The number of rotatable bonds is 0. The van der Waals surface area contributed by atoms with E-state index in [4.69, 9.17) is 16.9 Å². The maximum absolute atomic E-state index is 8.79. The van der Waals surface area contributed by atoms with Gasteiger partial charge in [-0.2, -0.15) is 5.26 Å². The number of nitriles is 1. The van der Waals surface area contributed by atoms with Gasteiger partial charge >= 0.3 is 0 Å². The Kier molecular flexibility index (Phi) is 1.87.